The van der Waals surface area contributed by atoms with Gasteiger partial charge in [0.05, 0.1) is 26.5 Å². The molecule has 1 aromatic carbocycles. The molecule has 0 fully saturated rings. The van der Waals surface area contributed by atoms with Gasteiger partial charge in [-0.2, -0.15) is 5.10 Å². The summed E-state index contributed by atoms with van der Waals surface area (Å²) in [5.74, 6) is 1.07. The molecule has 8 nitrogen and oxygen atoms in total. The van der Waals surface area contributed by atoms with E-state index in [2.05, 4.69) is 20.4 Å². The number of hydrogen-bond donors (Lipinski definition) is 2. The summed E-state index contributed by atoms with van der Waals surface area (Å²) in [5, 5.41) is 8.30. The van der Waals surface area contributed by atoms with E-state index in [0.29, 0.717) is 11.5 Å². The molecule has 3 heterocycles. The van der Waals surface area contributed by atoms with Crippen molar-refractivity contribution in [3.05, 3.63) is 65.8 Å². The van der Waals surface area contributed by atoms with E-state index in [1.54, 1.807) is 26.5 Å². The Morgan fingerprint density at radius 3 is 2.67 bits per heavy atom. The van der Waals surface area contributed by atoms with Crippen LogP contribution in [0.5, 0.6) is 11.5 Å². The van der Waals surface area contributed by atoms with E-state index in [-0.39, 0.29) is 11.9 Å². The molecule has 0 aliphatic carbocycles. The number of benzene rings is 1. The maximum absolute atomic E-state index is 12.7. The standard InChI is InChI=1S/C25H27N5O3/c1-15(17-6-8-21(32-4)22(12-17)33-5)29-23(31)9-7-18-13-27-25-24(18)19(10-11-26-25)20-14-28-30(3)16(20)2/h6-15H,1-5H3,(H,26,27)(H,29,31)/b9-7+/t15-/m1/s1. The minimum absolute atomic E-state index is 0.199. The molecule has 0 aliphatic rings. The van der Waals surface area contributed by atoms with E-state index < -0.39 is 0 Å². The van der Waals surface area contributed by atoms with Crippen LogP contribution < -0.4 is 14.8 Å². The van der Waals surface area contributed by atoms with Crippen molar-refractivity contribution >= 4 is 23.0 Å². The van der Waals surface area contributed by atoms with E-state index >= 15 is 0 Å². The molecule has 4 rings (SSSR count). The van der Waals surface area contributed by atoms with Crippen LogP contribution in [0.15, 0.2) is 48.9 Å². The number of ether oxygens (including phenoxy) is 2. The van der Waals surface area contributed by atoms with Gasteiger partial charge in [0.2, 0.25) is 5.91 Å². The molecule has 0 saturated heterocycles. The Morgan fingerprint density at radius 1 is 1.18 bits per heavy atom. The number of aromatic amines is 1. The Hall–Kier alpha value is -4.07. The molecule has 33 heavy (non-hydrogen) atoms. The van der Waals surface area contributed by atoms with Gasteiger partial charge in [-0.15, -0.1) is 0 Å². The second-order valence-corrected chi connectivity index (χ2v) is 7.77. The van der Waals surface area contributed by atoms with Crippen molar-refractivity contribution in [3.8, 4) is 22.6 Å². The molecule has 0 aliphatic heterocycles. The molecule has 0 unspecified atom stereocenters. The molecular weight excluding hydrogens is 418 g/mol. The lowest BCUT2D eigenvalue weighted by molar-refractivity contribution is -0.117. The fourth-order valence-electron chi connectivity index (χ4n) is 3.83. The van der Waals surface area contributed by atoms with Crippen molar-refractivity contribution in [2.45, 2.75) is 19.9 Å². The zero-order chi connectivity index (χ0) is 23.5. The van der Waals surface area contributed by atoms with Crippen molar-refractivity contribution in [1.29, 1.82) is 0 Å². The maximum atomic E-state index is 12.7. The van der Waals surface area contributed by atoms with Gasteiger partial charge in [0.25, 0.3) is 0 Å². The monoisotopic (exact) mass is 445 g/mol. The zero-order valence-corrected chi connectivity index (χ0v) is 19.3. The number of carbonyl (C=O) groups excluding carboxylic acids is 1. The number of aryl methyl sites for hydroxylation is 1. The van der Waals surface area contributed by atoms with Crippen LogP contribution >= 0.6 is 0 Å². The highest BCUT2D eigenvalue weighted by atomic mass is 16.5. The van der Waals surface area contributed by atoms with Gasteiger partial charge in [-0.3, -0.25) is 9.48 Å². The smallest absolute Gasteiger partial charge is 0.244 e. The summed E-state index contributed by atoms with van der Waals surface area (Å²) in [5.41, 5.74) is 5.66. The number of methoxy groups -OCH3 is 2. The molecule has 3 aromatic heterocycles. The Labute approximate surface area is 192 Å². The van der Waals surface area contributed by atoms with Crippen LogP contribution in [0.3, 0.4) is 0 Å². The third-order valence-electron chi connectivity index (χ3n) is 5.81. The average molecular weight is 446 g/mol. The minimum Gasteiger partial charge on any atom is -0.493 e. The second-order valence-electron chi connectivity index (χ2n) is 7.77. The summed E-state index contributed by atoms with van der Waals surface area (Å²) >= 11 is 0. The summed E-state index contributed by atoms with van der Waals surface area (Å²) in [4.78, 5) is 20.3. The number of pyridine rings is 1. The predicted octanol–water partition coefficient (Wildman–Crippen LogP) is 4.18. The number of rotatable bonds is 7. The quantitative estimate of drug-likeness (QED) is 0.416. The molecule has 1 atom stereocenters. The second kappa shape index (κ2) is 9.20. The molecule has 8 heteroatoms. The van der Waals surface area contributed by atoms with Crippen LogP contribution in [-0.2, 0) is 11.8 Å². The summed E-state index contributed by atoms with van der Waals surface area (Å²) in [6.45, 7) is 3.95. The third-order valence-corrected chi connectivity index (χ3v) is 5.81. The predicted molar refractivity (Wildman–Crippen MR) is 128 cm³/mol. The van der Waals surface area contributed by atoms with E-state index in [1.807, 2.05) is 62.2 Å². The lowest BCUT2D eigenvalue weighted by Gasteiger charge is -2.15. The molecule has 4 aromatic rings. The Balaban J connectivity index is 1.56. The van der Waals surface area contributed by atoms with E-state index in [4.69, 9.17) is 9.47 Å². The summed E-state index contributed by atoms with van der Waals surface area (Å²) in [7, 11) is 5.10. The summed E-state index contributed by atoms with van der Waals surface area (Å²) in [6, 6.07) is 7.36. The van der Waals surface area contributed by atoms with Crippen LogP contribution in [0.25, 0.3) is 28.2 Å². The van der Waals surface area contributed by atoms with Crippen LogP contribution in [-0.4, -0.2) is 39.9 Å². The number of aromatic nitrogens is 4. The Kier molecular flexibility index (Phi) is 6.17. The number of carbonyl (C=O) groups is 1. The van der Waals surface area contributed by atoms with Gasteiger partial charge in [-0.25, -0.2) is 4.98 Å². The Morgan fingerprint density at radius 2 is 1.97 bits per heavy atom. The maximum Gasteiger partial charge on any atom is 0.244 e. The van der Waals surface area contributed by atoms with Gasteiger partial charge >= 0.3 is 0 Å². The molecule has 2 N–H and O–H groups in total. The first-order chi connectivity index (χ1) is 15.9. The molecular formula is C25H27N5O3. The van der Waals surface area contributed by atoms with Gasteiger partial charge in [0, 0.05) is 47.7 Å². The van der Waals surface area contributed by atoms with Crippen LogP contribution in [0, 0.1) is 6.92 Å². The van der Waals surface area contributed by atoms with Gasteiger partial charge < -0.3 is 19.8 Å². The highest BCUT2D eigenvalue weighted by Crippen LogP contribution is 2.32. The lowest BCUT2D eigenvalue weighted by atomic mass is 10.0. The highest BCUT2D eigenvalue weighted by molar-refractivity contribution is 6.02. The van der Waals surface area contributed by atoms with Crippen molar-refractivity contribution < 1.29 is 14.3 Å². The van der Waals surface area contributed by atoms with Gasteiger partial charge in [0.1, 0.15) is 5.65 Å². The van der Waals surface area contributed by atoms with Crippen molar-refractivity contribution in [1.82, 2.24) is 25.1 Å². The van der Waals surface area contributed by atoms with Crippen LogP contribution in [0.4, 0.5) is 0 Å². The average Bonchev–Trinajstić information content (AvgIpc) is 3.40. The van der Waals surface area contributed by atoms with Crippen molar-refractivity contribution in [2.75, 3.05) is 14.2 Å². The highest BCUT2D eigenvalue weighted by Gasteiger charge is 2.15. The minimum atomic E-state index is -0.208. The number of fused-ring (bicyclic) bond motifs is 1. The molecule has 0 bridgehead atoms. The molecule has 1 amide bonds. The zero-order valence-electron chi connectivity index (χ0n) is 19.3. The topological polar surface area (TPSA) is 94.1 Å². The van der Waals surface area contributed by atoms with Gasteiger partial charge in [0.15, 0.2) is 11.5 Å². The van der Waals surface area contributed by atoms with Crippen LogP contribution in [0.2, 0.25) is 0 Å². The number of H-pyrrole nitrogens is 1. The van der Waals surface area contributed by atoms with Gasteiger partial charge in [-0.1, -0.05) is 6.07 Å². The van der Waals surface area contributed by atoms with E-state index in [1.165, 1.54) is 6.08 Å². The molecule has 170 valence electrons. The first-order valence-electron chi connectivity index (χ1n) is 10.6. The Bertz CT molecular complexity index is 1340. The molecule has 0 radical (unpaired) electrons. The molecule has 0 spiro atoms. The fourth-order valence-corrected chi connectivity index (χ4v) is 3.83. The fraction of sp³-hybridized carbons (Fsp3) is 0.240. The van der Waals surface area contributed by atoms with E-state index in [0.717, 1.165) is 39.0 Å². The normalized spacial score (nSPS) is 12.3. The number of nitrogens with zero attached hydrogens (tertiary/aromatic N) is 3. The third kappa shape index (κ3) is 4.32. The van der Waals surface area contributed by atoms with Crippen LogP contribution in [0.1, 0.15) is 29.8 Å². The summed E-state index contributed by atoms with van der Waals surface area (Å²) < 4.78 is 12.5. The number of hydrogen-bond acceptors (Lipinski definition) is 5. The van der Waals surface area contributed by atoms with Gasteiger partial charge in [-0.05, 0) is 49.2 Å². The van der Waals surface area contributed by atoms with E-state index in [9.17, 15) is 4.79 Å². The SMILES string of the molecule is COc1ccc([C@@H](C)NC(=O)/C=C/c2c[nH]c3nccc(-c4cnn(C)c4C)c23)cc1OC. The number of amides is 1. The number of nitrogens with one attached hydrogen (secondary N) is 2. The molecule has 0 saturated carbocycles. The summed E-state index contributed by atoms with van der Waals surface area (Å²) in [6.07, 6.45) is 8.81. The first-order valence-corrected chi connectivity index (χ1v) is 10.6. The van der Waals surface area contributed by atoms with Crippen molar-refractivity contribution in [3.63, 3.8) is 0 Å². The lowest BCUT2D eigenvalue weighted by Crippen LogP contribution is -2.24. The largest absolute Gasteiger partial charge is 0.493 e. The van der Waals surface area contributed by atoms with Crippen molar-refractivity contribution in [2.24, 2.45) is 7.05 Å². The first kappa shape index (κ1) is 22.1.